The molecule has 14 heteroatoms. The molecule has 0 aliphatic carbocycles. The van der Waals surface area contributed by atoms with Gasteiger partial charge < -0.3 is 56.8 Å². The molecule has 14 nitrogen and oxygen atoms in total. The van der Waals surface area contributed by atoms with Gasteiger partial charge in [-0.05, 0) is 58.4 Å². The second kappa shape index (κ2) is 34.9. The molecule has 7 aromatic carbocycles. The van der Waals surface area contributed by atoms with Crippen molar-refractivity contribution in [3.63, 3.8) is 0 Å². The maximum atomic E-state index is 14.7. The number of unbranched alkanes of at least 4 members (excludes halogenated alkanes) is 5. The lowest BCUT2D eigenvalue weighted by Gasteiger charge is -2.50. The molecule has 10 atom stereocenters. The fourth-order valence-corrected chi connectivity index (χ4v) is 10.4. The number of ether oxygens (including phenoxy) is 12. The molecule has 0 N–H and O–H groups in total. The topological polar surface area (TPSA) is 145 Å². The first-order valence-electron chi connectivity index (χ1n) is 29.7. The van der Waals surface area contributed by atoms with E-state index in [0.29, 0.717) is 31.6 Å². The molecule has 0 unspecified atom stereocenters. The number of carbonyl (C=O) groups excluding carboxylic acids is 2. The monoisotopic (exact) mass is 1160 g/mol. The van der Waals surface area contributed by atoms with Crippen LogP contribution in [-0.4, -0.2) is 100 Å². The van der Waals surface area contributed by atoms with E-state index in [1.807, 2.05) is 188 Å². The van der Waals surface area contributed by atoms with Crippen LogP contribution in [-0.2, 0) is 101 Å². The van der Waals surface area contributed by atoms with Crippen LogP contribution < -0.4 is 0 Å². The van der Waals surface area contributed by atoms with Gasteiger partial charge in [-0.2, -0.15) is 0 Å². The summed E-state index contributed by atoms with van der Waals surface area (Å²) in [6.45, 7) is 1.76. The van der Waals surface area contributed by atoms with Gasteiger partial charge in [-0.25, -0.2) is 4.79 Å². The molecular formula is C71H80O14. The lowest BCUT2D eigenvalue weighted by Crippen LogP contribution is -2.66. The van der Waals surface area contributed by atoms with Crippen molar-refractivity contribution in [1.29, 1.82) is 0 Å². The van der Waals surface area contributed by atoms with Crippen molar-refractivity contribution >= 4 is 11.9 Å². The quantitative estimate of drug-likeness (QED) is 0.0279. The number of rotatable bonds is 34. The predicted octanol–water partition coefficient (Wildman–Crippen LogP) is 12.7. The van der Waals surface area contributed by atoms with Crippen molar-refractivity contribution in [1.82, 2.24) is 0 Å². The molecule has 0 saturated carbocycles. The molecule has 2 saturated heterocycles. The van der Waals surface area contributed by atoms with Crippen molar-refractivity contribution in [2.75, 3.05) is 26.9 Å². The van der Waals surface area contributed by atoms with Crippen molar-refractivity contribution in [2.24, 2.45) is 0 Å². The second-order valence-corrected chi connectivity index (χ2v) is 21.3. The number of hydrogen-bond donors (Lipinski definition) is 0. The van der Waals surface area contributed by atoms with Crippen molar-refractivity contribution in [2.45, 2.75) is 146 Å². The van der Waals surface area contributed by atoms with Crippen LogP contribution in [0.25, 0.3) is 0 Å². The van der Waals surface area contributed by atoms with Crippen LogP contribution in [0.1, 0.15) is 88.7 Å². The number of methoxy groups -OCH3 is 1. The molecule has 0 aromatic heterocycles. The average molecular weight is 1160 g/mol. The molecule has 2 fully saturated rings. The zero-order chi connectivity index (χ0) is 58.5. The molecular weight excluding hydrogens is 1080 g/mol. The third kappa shape index (κ3) is 20.1. The molecule has 9 rings (SSSR count). The Morgan fingerprint density at radius 2 is 0.718 bits per heavy atom. The Morgan fingerprint density at radius 3 is 1.14 bits per heavy atom. The highest BCUT2D eigenvalue weighted by Crippen LogP contribution is 2.37. The molecule has 0 bridgehead atoms. The Hall–Kier alpha value is -6.92. The van der Waals surface area contributed by atoms with Gasteiger partial charge in [0.05, 0.1) is 65.5 Å². The smallest absolute Gasteiger partial charge is 0.338 e. The summed E-state index contributed by atoms with van der Waals surface area (Å²) >= 11 is 0. The Labute approximate surface area is 500 Å². The summed E-state index contributed by atoms with van der Waals surface area (Å²) < 4.78 is 81.7. The number of hydrogen-bond acceptors (Lipinski definition) is 14. The van der Waals surface area contributed by atoms with Crippen LogP contribution in [0.4, 0.5) is 0 Å². The standard InChI is InChI=1S/C71H80O14/c1-74-62(72)43-27-4-2-3-5-28-44-77-70-67(65(80-49-57-37-21-10-22-38-57)63(78-47-55-33-17-8-18-34-55)60(82-70)51-75-45-53-29-13-6-14-30-53)85-71-68(84-69(73)59-41-25-12-26-42-59)66(81-50-58-39-23-11-24-40-58)64(79-48-56-35-19-9-20-36-56)61(83-71)52-76-46-54-31-15-7-16-32-54/h6-26,29-42,60-61,63-68,70-71H,2-5,27-28,43-52H2,1H3/t60-,61-,63-,64-,65+,66+,67+,68+,70+,71+/m1/s1. The summed E-state index contributed by atoms with van der Waals surface area (Å²) in [7, 11) is 1.42. The van der Waals surface area contributed by atoms with Crippen LogP contribution in [0.15, 0.2) is 212 Å². The molecule has 2 heterocycles. The fraction of sp³-hybridized carbons (Fsp3) is 0.380. The number of benzene rings is 7. The molecule has 2 aliphatic rings. The van der Waals surface area contributed by atoms with E-state index in [2.05, 4.69) is 0 Å². The van der Waals surface area contributed by atoms with Gasteiger partial charge in [0, 0.05) is 13.0 Å². The second-order valence-electron chi connectivity index (χ2n) is 21.3. The molecule has 0 spiro atoms. The van der Waals surface area contributed by atoms with E-state index in [1.165, 1.54) is 7.11 Å². The third-order valence-corrected chi connectivity index (χ3v) is 14.9. The molecule has 2 aliphatic heterocycles. The molecule has 7 aromatic rings. The van der Waals surface area contributed by atoms with Crippen LogP contribution in [0.3, 0.4) is 0 Å². The summed E-state index contributed by atoms with van der Waals surface area (Å²) in [6.07, 6.45) is -4.48. The minimum Gasteiger partial charge on any atom is -0.469 e. The first-order chi connectivity index (χ1) is 42.0. The first-order valence-corrected chi connectivity index (χ1v) is 29.7. The van der Waals surface area contributed by atoms with E-state index in [0.717, 1.165) is 65.5 Å². The van der Waals surface area contributed by atoms with Crippen molar-refractivity contribution in [3.05, 3.63) is 251 Å². The minimum atomic E-state index is -1.37. The van der Waals surface area contributed by atoms with E-state index in [1.54, 1.807) is 24.3 Å². The van der Waals surface area contributed by atoms with Gasteiger partial charge in [0.1, 0.15) is 42.7 Å². The molecule has 0 radical (unpaired) electrons. The largest absolute Gasteiger partial charge is 0.469 e. The minimum absolute atomic E-state index is 0.0418. The van der Waals surface area contributed by atoms with Gasteiger partial charge in [-0.15, -0.1) is 0 Å². The summed E-state index contributed by atoms with van der Waals surface area (Å²) in [5, 5.41) is 0. The maximum absolute atomic E-state index is 14.7. The van der Waals surface area contributed by atoms with E-state index in [4.69, 9.17) is 56.8 Å². The van der Waals surface area contributed by atoms with E-state index < -0.39 is 67.4 Å². The Kier molecular flexibility index (Phi) is 25.7. The summed E-state index contributed by atoms with van der Waals surface area (Å²) in [4.78, 5) is 26.5. The Morgan fingerprint density at radius 1 is 0.365 bits per heavy atom. The van der Waals surface area contributed by atoms with Gasteiger partial charge >= 0.3 is 11.9 Å². The maximum Gasteiger partial charge on any atom is 0.338 e. The highest BCUT2D eigenvalue weighted by molar-refractivity contribution is 5.89. The van der Waals surface area contributed by atoms with Gasteiger partial charge in [-0.1, -0.05) is 226 Å². The summed E-state index contributed by atoms with van der Waals surface area (Å²) in [6, 6.07) is 68.2. The van der Waals surface area contributed by atoms with Gasteiger partial charge in [0.2, 0.25) is 0 Å². The summed E-state index contributed by atoms with van der Waals surface area (Å²) in [5.41, 5.74) is 5.96. The SMILES string of the molecule is COC(=O)CCCCCCCCO[C@H]1O[C@H](COCc2ccccc2)[C@@H](OCc2ccccc2)[C@H](OCc2ccccc2)[C@@H]1O[C@@H]1O[C@H](COCc2ccccc2)[C@@H](OCc2ccccc2)[C@H](OCc2ccccc2)[C@@H]1OC(=O)c1ccccc1. The first kappa shape index (κ1) is 62.6. The zero-order valence-corrected chi connectivity index (χ0v) is 48.5. The van der Waals surface area contributed by atoms with Gasteiger partial charge in [0.25, 0.3) is 0 Å². The lowest BCUT2D eigenvalue weighted by molar-refractivity contribution is -0.379. The Bertz CT molecular complexity index is 2930. The van der Waals surface area contributed by atoms with E-state index in [9.17, 15) is 9.59 Å². The molecule has 0 amide bonds. The number of esters is 2. The van der Waals surface area contributed by atoms with Crippen LogP contribution in [0.2, 0.25) is 0 Å². The fourth-order valence-electron chi connectivity index (χ4n) is 10.4. The predicted molar refractivity (Wildman–Crippen MR) is 320 cm³/mol. The molecule has 85 heavy (non-hydrogen) atoms. The molecule has 448 valence electrons. The van der Waals surface area contributed by atoms with Gasteiger partial charge in [-0.3, -0.25) is 4.79 Å². The third-order valence-electron chi connectivity index (χ3n) is 14.9. The van der Waals surface area contributed by atoms with Crippen LogP contribution in [0.5, 0.6) is 0 Å². The average Bonchev–Trinajstić information content (AvgIpc) is 2.08. The highest BCUT2D eigenvalue weighted by Gasteiger charge is 2.55. The number of carbonyl (C=O) groups is 2. The van der Waals surface area contributed by atoms with Crippen molar-refractivity contribution in [3.8, 4) is 0 Å². The Balaban J connectivity index is 1.10. The van der Waals surface area contributed by atoms with Crippen LogP contribution >= 0.6 is 0 Å². The van der Waals surface area contributed by atoms with Crippen molar-refractivity contribution < 1.29 is 66.4 Å². The van der Waals surface area contributed by atoms with Crippen LogP contribution in [0, 0.1) is 0 Å². The van der Waals surface area contributed by atoms with E-state index in [-0.39, 0.29) is 52.2 Å². The van der Waals surface area contributed by atoms with E-state index >= 15 is 0 Å². The normalized spacial score (nSPS) is 22.1. The van der Waals surface area contributed by atoms with Gasteiger partial charge in [0.15, 0.2) is 18.7 Å². The zero-order valence-electron chi connectivity index (χ0n) is 48.5. The summed E-state index contributed by atoms with van der Waals surface area (Å²) in [5.74, 6) is -0.816. The lowest BCUT2D eigenvalue weighted by atomic mass is 9.96. The highest BCUT2D eigenvalue weighted by atomic mass is 16.8.